The van der Waals surface area contributed by atoms with Gasteiger partial charge >= 0.3 is 5.97 Å². The standard InChI is InChI=1S/C19H16N2O3S/c1-14(19(23)21-16-9-7-15(13-20)8-10-16)24-18(22)11-12-25-17-5-3-2-4-6-17/h2-12,14H,1H3,(H,21,23)/b12-11+/t14-/m0/s1. The predicted octanol–water partition coefficient (Wildman–Crippen LogP) is 3.73. The van der Waals surface area contributed by atoms with E-state index in [0.717, 1.165) is 4.90 Å². The number of thioether (sulfide) groups is 1. The van der Waals surface area contributed by atoms with Gasteiger partial charge in [0.1, 0.15) is 0 Å². The summed E-state index contributed by atoms with van der Waals surface area (Å²) in [6.07, 6.45) is 0.345. The maximum Gasteiger partial charge on any atom is 0.332 e. The second-order valence-corrected chi connectivity index (χ2v) is 5.97. The second-order valence-electron chi connectivity index (χ2n) is 4.99. The number of anilines is 1. The number of hydrogen-bond acceptors (Lipinski definition) is 5. The highest BCUT2D eigenvalue weighted by Gasteiger charge is 2.16. The largest absolute Gasteiger partial charge is 0.449 e. The minimum absolute atomic E-state index is 0.442. The number of carbonyl (C=O) groups excluding carboxylic acids is 2. The normalized spacial score (nSPS) is 11.5. The minimum Gasteiger partial charge on any atom is -0.449 e. The lowest BCUT2D eigenvalue weighted by molar-refractivity contribution is -0.148. The van der Waals surface area contributed by atoms with Crippen LogP contribution in [0.1, 0.15) is 12.5 Å². The average Bonchev–Trinajstić information content (AvgIpc) is 2.63. The molecule has 1 N–H and O–H groups in total. The van der Waals surface area contributed by atoms with Crippen molar-refractivity contribution < 1.29 is 14.3 Å². The molecule has 0 aliphatic rings. The molecular formula is C19H16N2O3S. The van der Waals surface area contributed by atoms with Crippen molar-refractivity contribution in [2.24, 2.45) is 0 Å². The van der Waals surface area contributed by atoms with Crippen LogP contribution in [0, 0.1) is 11.3 Å². The Morgan fingerprint density at radius 2 is 1.84 bits per heavy atom. The fraction of sp³-hybridized carbons (Fsp3) is 0.105. The highest BCUT2D eigenvalue weighted by Crippen LogP contribution is 2.18. The number of ether oxygens (including phenoxy) is 1. The van der Waals surface area contributed by atoms with Gasteiger partial charge in [0.2, 0.25) is 0 Å². The van der Waals surface area contributed by atoms with E-state index in [-0.39, 0.29) is 0 Å². The number of rotatable bonds is 6. The zero-order chi connectivity index (χ0) is 18.1. The van der Waals surface area contributed by atoms with Crippen molar-refractivity contribution in [1.82, 2.24) is 0 Å². The Labute approximate surface area is 150 Å². The van der Waals surface area contributed by atoms with Gasteiger partial charge in [0.25, 0.3) is 5.91 Å². The number of benzene rings is 2. The molecule has 0 unspecified atom stereocenters. The Morgan fingerprint density at radius 3 is 2.48 bits per heavy atom. The molecule has 1 amide bonds. The number of nitrogens with one attached hydrogen (secondary N) is 1. The molecule has 0 bridgehead atoms. The average molecular weight is 352 g/mol. The van der Waals surface area contributed by atoms with Gasteiger partial charge in [-0.15, -0.1) is 0 Å². The molecule has 5 nitrogen and oxygen atoms in total. The first-order valence-corrected chi connectivity index (χ1v) is 8.36. The number of esters is 1. The highest BCUT2D eigenvalue weighted by atomic mass is 32.2. The molecule has 0 aliphatic heterocycles. The minimum atomic E-state index is -0.936. The topological polar surface area (TPSA) is 79.2 Å². The van der Waals surface area contributed by atoms with Crippen LogP contribution in [-0.4, -0.2) is 18.0 Å². The lowest BCUT2D eigenvalue weighted by Crippen LogP contribution is -2.29. The fourth-order valence-electron chi connectivity index (χ4n) is 1.81. The van der Waals surface area contributed by atoms with E-state index < -0.39 is 18.0 Å². The van der Waals surface area contributed by atoms with Gasteiger partial charge in [0.05, 0.1) is 11.6 Å². The van der Waals surface area contributed by atoms with E-state index in [4.69, 9.17) is 10.00 Å². The molecule has 2 aromatic rings. The number of amides is 1. The van der Waals surface area contributed by atoms with Crippen LogP contribution < -0.4 is 5.32 Å². The summed E-state index contributed by atoms with van der Waals surface area (Å²) in [6.45, 7) is 1.50. The van der Waals surface area contributed by atoms with E-state index in [2.05, 4.69) is 5.32 Å². The highest BCUT2D eigenvalue weighted by molar-refractivity contribution is 8.02. The molecular weight excluding hydrogens is 336 g/mol. The van der Waals surface area contributed by atoms with Crippen LogP contribution in [-0.2, 0) is 14.3 Å². The lowest BCUT2D eigenvalue weighted by atomic mass is 10.2. The van der Waals surface area contributed by atoms with E-state index >= 15 is 0 Å². The summed E-state index contributed by atoms with van der Waals surface area (Å²) in [5.41, 5.74) is 1.03. The van der Waals surface area contributed by atoms with Crippen LogP contribution in [0.3, 0.4) is 0 Å². The molecule has 1 atom stereocenters. The van der Waals surface area contributed by atoms with Crippen molar-refractivity contribution in [3.63, 3.8) is 0 Å². The van der Waals surface area contributed by atoms with Crippen molar-refractivity contribution >= 4 is 29.3 Å². The van der Waals surface area contributed by atoms with Gasteiger partial charge in [-0.25, -0.2) is 4.79 Å². The van der Waals surface area contributed by atoms with Crippen LogP contribution in [0.25, 0.3) is 0 Å². The van der Waals surface area contributed by atoms with Crippen molar-refractivity contribution in [2.75, 3.05) is 5.32 Å². The summed E-state index contributed by atoms with van der Waals surface area (Å²) < 4.78 is 5.06. The van der Waals surface area contributed by atoms with E-state index in [1.807, 2.05) is 36.4 Å². The van der Waals surface area contributed by atoms with Gasteiger partial charge in [-0.1, -0.05) is 30.0 Å². The lowest BCUT2D eigenvalue weighted by Gasteiger charge is -2.12. The SMILES string of the molecule is C[C@H](OC(=O)/C=C/Sc1ccccc1)C(=O)Nc1ccc(C#N)cc1. The monoisotopic (exact) mass is 352 g/mol. The third kappa shape index (κ3) is 6.16. The van der Waals surface area contributed by atoms with Crippen LogP contribution in [0.2, 0.25) is 0 Å². The van der Waals surface area contributed by atoms with Crippen LogP contribution in [0.15, 0.2) is 71.0 Å². The molecule has 0 fully saturated rings. The molecule has 0 saturated heterocycles. The van der Waals surface area contributed by atoms with Gasteiger partial charge in [0.15, 0.2) is 6.10 Å². The van der Waals surface area contributed by atoms with Crippen molar-refractivity contribution in [1.29, 1.82) is 5.26 Å². The first kappa shape index (κ1) is 18.3. The van der Waals surface area contributed by atoms with Gasteiger partial charge in [-0.2, -0.15) is 5.26 Å². The summed E-state index contributed by atoms with van der Waals surface area (Å²) in [5.74, 6) is -1.03. The molecule has 0 aromatic heterocycles. The molecule has 0 spiro atoms. The van der Waals surface area contributed by atoms with Gasteiger partial charge < -0.3 is 10.1 Å². The Morgan fingerprint density at radius 1 is 1.16 bits per heavy atom. The maximum atomic E-state index is 12.0. The predicted molar refractivity (Wildman–Crippen MR) is 96.8 cm³/mol. The summed E-state index contributed by atoms with van der Waals surface area (Å²) in [6, 6.07) is 18.0. The maximum absolute atomic E-state index is 12.0. The zero-order valence-corrected chi connectivity index (χ0v) is 14.3. The summed E-state index contributed by atoms with van der Waals surface area (Å²) >= 11 is 1.38. The van der Waals surface area contributed by atoms with E-state index in [0.29, 0.717) is 11.3 Å². The van der Waals surface area contributed by atoms with Gasteiger partial charge in [0, 0.05) is 16.7 Å². The number of hydrogen-bond donors (Lipinski definition) is 1. The van der Waals surface area contributed by atoms with E-state index in [9.17, 15) is 9.59 Å². The Hall–Kier alpha value is -3.04. The summed E-state index contributed by atoms with van der Waals surface area (Å²) in [7, 11) is 0. The molecule has 6 heteroatoms. The van der Waals surface area contributed by atoms with E-state index in [1.54, 1.807) is 29.7 Å². The Kier molecular flexibility index (Phi) is 6.81. The second kappa shape index (κ2) is 9.30. The molecule has 0 heterocycles. The third-order valence-corrected chi connectivity index (χ3v) is 3.91. The van der Waals surface area contributed by atoms with E-state index in [1.165, 1.54) is 24.8 Å². The summed E-state index contributed by atoms with van der Waals surface area (Å²) in [4.78, 5) is 24.8. The first-order chi connectivity index (χ1) is 12.1. The number of carbonyl (C=O) groups is 2. The molecule has 0 radical (unpaired) electrons. The van der Waals surface area contributed by atoms with Crippen LogP contribution in [0.5, 0.6) is 0 Å². The molecule has 25 heavy (non-hydrogen) atoms. The smallest absolute Gasteiger partial charge is 0.332 e. The Bertz CT molecular complexity index is 796. The van der Waals surface area contributed by atoms with Crippen molar-refractivity contribution in [2.45, 2.75) is 17.9 Å². The van der Waals surface area contributed by atoms with Crippen molar-refractivity contribution in [3.05, 3.63) is 71.6 Å². The quantitative estimate of drug-likeness (QED) is 0.487. The van der Waals surface area contributed by atoms with Gasteiger partial charge in [-0.3, -0.25) is 4.79 Å². The fourth-order valence-corrected chi connectivity index (χ4v) is 2.46. The zero-order valence-electron chi connectivity index (χ0n) is 13.5. The molecule has 0 aliphatic carbocycles. The third-order valence-electron chi connectivity index (χ3n) is 3.10. The summed E-state index contributed by atoms with van der Waals surface area (Å²) in [5, 5.41) is 13.0. The number of nitrogens with zero attached hydrogens (tertiary/aromatic N) is 1. The molecule has 2 rings (SSSR count). The van der Waals surface area contributed by atoms with Gasteiger partial charge in [-0.05, 0) is 48.7 Å². The Balaban J connectivity index is 1.81. The van der Waals surface area contributed by atoms with Crippen molar-refractivity contribution in [3.8, 4) is 6.07 Å². The first-order valence-electron chi connectivity index (χ1n) is 7.48. The number of nitriles is 1. The van der Waals surface area contributed by atoms with Crippen LogP contribution in [0.4, 0.5) is 5.69 Å². The molecule has 0 saturated carbocycles. The van der Waals surface area contributed by atoms with Crippen LogP contribution >= 0.6 is 11.8 Å². The molecule has 2 aromatic carbocycles. The molecule has 126 valence electrons.